The minimum absolute atomic E-state index is 0.145. The normalized spacial score (nSPS) is 22.4. The van der Waals surface area contributed by atoms with Crippen molar-refractivity contribution in [1.82, 2.24) is 10.2 Å². The van der Waals surface area contributed by atoms with Crippen molar-refractivity contribution in [3.63, 3.8) is 0 Å². The predicted molar refractivity (Wildman–Crippen MR) is 77.5 cm³/mol. The van der Waals surface area contributed by atoms with E-state index in [1.807, 2.05) is 11.0 Å². The van der Waals surface area contributed by atoms with Crippen LogP contribution in [0.4, 0.5) is 13.2 Å². The molecule has 0 saturated carbocycles. The molecule has 2 fully saturated rings. The Morgan fingerprint density at radius 1 is 1.32 bits per heavy atom. The Morgan fingerprint density at radius 2 is 1.88 bits per heavy atom. The topological polar surface area (TPSA) is 107 Å². The highest BCUT2D eigenvalue weighted by Crippen LogP contribution is 2.26. The molecule has 2 aliphatic heterocycles. The van der Waals surface area contributed by atoms with Gasteiger partial charge in [-0.2, -0.15) is 18.4 Å². The number of amides is 1. The lowest BCUT2D eigenvalue weighted by Gasteiger charge is -2.41. The summed E-state index contributed by atoms with van der Waals surface area (Å²) >= 11 is 0. The molecule has 3 rings (SSSR count). The van der Waals surface area contributed by atoms with Crippen LogP contribution in [-0.2, 0) is 4.79 Å². The first-order valence-corrected chi connectivity index (χ1v) is 7.50. The van der Waals surface area contributed by atoms with Gasteiger partial charge in [-0.05, 0) is 37.4 Å². The molecule has 0 spiro atoms. The highest BCUT2D eigenvalue weighted by atomic mass is 19.4. The zero-order chi connectivity index (χ0) is 18.6. The van der Waals surface area contributed by atoms with Gasteiger partial charge in [0.25, 0.3) is 5.91 Å². The zero-order valence-electron chi connectivity index (χ0n) is 13.0. The van der Waals surface area contributed by atoms with Gasteiger partial charge in [-0.25, -0.2) is 4.79 Å². The Labute approximate surface area is 141 Å². The third kappa shape index (κ3) is 4.73. The van der Waals surface area contributed by atoms with Gasteiger partial charge in [0.05, 0.1) is 6.26 Å². The Hall–Kier alpha value is -2.54. The molecule has 0 aliphatic carbocycles. The van der Waals surface area contributed by atoms with Crippen LogP contribution >= 0.6 is 0 Å². The summed E-state index contributed by atoms with van der Waals surface area (Å²) in [5.41, 5.74) is 0.328. The summed E-state index contributed by atoms with van der Waals surface area (Å²) in [6.45, 7) is 3.47. The maximum atomic E-state index is 12.3. The molecule has 0 radical (unpaired) electrons. The number of alkyl halides is 3. The number of carboxylic acid groups (broad SMARTS) is 1. The molecule has 2 N–H and O–H groups in total. The molecule has 3 heterocycles. The van der Waals surface area contributed by atoms with Gasteiger partial charge in [0.2, 0.25) is 5.76 Å². The number of nitrogens with one attached hydrogen (secondary N) is 1. The van der Waals surface area contributed by atoms with Gasteiger partial charge < -0.3 is 19.7 Å². The molecule has 10 heteroatoms. The number of carboxylic acids is 1. The van der Waals surface area contributed by atoms with Crippen LogP contribution < -0.4 is 5.32 Å². The van der Waals surface area contributed by atoms with Crippen LogP contribution in [0.25, 0.3) is 0 Å². The van der Waals surface area contributed by atoms with Crippen LogP contribution in [0.3, 0.4) is 0 Å². The first-order valence-electron chi connectivity index (χ1n) is 7.50. The molecule has 25 heavy (non-hydrogen) atoms. The van der Waals surface area contributed by atoms with Gasteiger partial charge >= 0.3 is 12.1 Å². The van der Waals surface area contributed by atoms with E-state index in [1.54, 1.807) is 6.07 Å². The number of furan rings is 1. The number of fused-ring (bicyclic) bond motifs is 2. The summed E-state index contributed by atoms with van der Waals surface area (Å²) in [6, 6.07) is 3.53. The number of hydrogen-bond donors (Lipinski definition) is 2. The van der Waals surface area contributed by atoms with Crippen LogP contribution in [0.5, 0.6) is 0 Å². The number of likely N-dealkylation sites (tertiary alicyclic amines) is 1. The van der Waals surface area contributed by atoms with Gasteiger partial charge in [-0.3, -0.25) is 4.79 Å². The second kappa shape index (κ2) is 7.57. The number of nitriles is 1. The number of nitrogens with zero attached hydrogens (tertiary/aromatic N) is 2. The number of carbonyl (C=O) groups excluding carboxylic acids is 1. The summed E-state index contributed by atoms with van der Waals surface area (Å²) in [7, 11) is 0. The second-order valence-electron chi connectivity index (χ2n) is 5.91. The minimum Gasteiger partial charge on any atom is -0.475 e. The first kappa shape index (κ1) is 18.8. The standard InChI is InChI=1S/C13H15N3O2.C2HF3O2/c14-4-11-1-2-18-12(11)13(17)16-7-9-3-10(8-16)6-15-5-9;3-2(4,5)1(6)7/h1-2,9-10,15H,3,5-8H2;(H,6,7)/t9-,10+;. The van der Waals surface area contributed by atoms with Crippen molar-refractivity contribution in [2.75, 3.05) is 26.2 Å². The van der Waals surface area contributed by atoms with E-state index in [4.69, 9.17) is 19.6 Å². The van der Waals surface area contributed by atoms with Crippen LogP contribution in [0.2, 0.25) is 0 Å². The lowest BCUT2D eigenvalue weighted by atomic mass is 9.86. The molecule has 1 aromatic heterocycles. The van der Waals surface area contributed by atoms with Crippen LogP contribution in [0, 0.1) is 23.2 Å². The molecular formula is C15H16F3N3O4. The van der Waals surface area contributed by atoms with Gasteiger partial charge in [-0.15, -0.1) is 0 Å². The maximum Gasteiger partial charge on any atom is 0.490 e. The fraction of sp³-hybridized carbons (Fsp3) is 0.533. The minimum atomic E-state index is -5.08. The fourth-order valence-electron chi connectivity index (χ4n) is 2.98. The smallest absolute Gasteiger partial charge is 0.475 e. The molecule has 2 aliphatic rings. The van der Waals surface area contributed by atoms with Gasteiger partial charge in [0.1, 0.15) is 11.6 Å². The van der Waals surface area contributed by atoms with E-state index in [0.717, 1.165) is 26.2 Å². The van der Waals surface area contributed by atoms with Crippen molar-refractivity contribution in [3.8, 4) is 6.07 Å². The predicted octanol–water partition coefficient (Wildman–Crippen LogP) is 1.47. The number of carbonyl (C=O) groups is 2. The summed E-state index contributed by atoms with van der Waals surface area (Å²) in [4.78, 5) is 23.1. The highest BCUT2D eigenvalue weighted by Gasteiger charge is 2.38. The molecule has 2 saturated heterocycles. The van der Waals surface area contributed by atoms with Crippen molar-refractivity contribution in [1.29, 1.82) is 5.26 Å². The van der Waals surface area contributed by atoms with E-state index < -0.39 is 12.1 Å². The molecule has 2 atom stereocenters. The first-order chi connectivity index (χ1) is 11.7. The molecular weight excluding hydrogens is 343 g/mol. The van der Waals surface area contributed by atoms with E-state index in [1.165, 1.54) is 12.7 Å². The summed E-state index contributed by atoms with van der Waals surface area (Å²) in [6.07, 6.45) is -2.49. The SMILES string of the molecule is N#Cc1ccoc1C(=O)N1C[C@@H]2CNC[C@@H](C2)C1.O=C(O)C(F)(F)F. The Balaban J connectivity index is 0.000000277. The molecule has 1 aromatic rings. The number of piperidine rings is 2. The van der Waals surface area contributed by atoms with Crippen LogP contribution in [-0.4, -0.2) is 54.2 Å². The van der Waals surface area contributed by atoms with Crippen molar-refractivity contribution in [3.05, 3.63) is 23.7 Å². The molecule has 7 nitrogen and oxygen atoms in total. The summed E-state index contributed by atoms with van der Waals surface area (Å²) in [5.74, 6) is -1.66. The zero-order valence-corrected chi connectivity index (χ0v) is 13.0. The van der Waals surface area contributed by atoms with Gasteiger partial charge in [-0.1, -0.05) is 0 Å². The van der Waals surface area contributed by atoms with Crippen LogP contribution in [0.1, 0.15) is 22.5 Å². The molecule has 0 aromatic carbocycles. The Bertz CT molecular complexity index is 668. The monoisotopic (exact) mass is 359 g/mol. The molecule has 2 bridgehead atoms. The van der Waals surface area contributed by atoms with Crippen molar-refractivity contribution in [2.24, 2.45) is 11.8 Å². The third-order valence-corrected chi connectivity index (χ3v) is 4.00. The quantitative estimate of drug-likeness (QED) is 0.786. The lowest BCUT2D eigenvalue weighted by Crippen LogP contribution is -2.52. The fourth-order valence-corrected chi connectivity index (χ4v) is 2.98. The molecule has 0 unspecified atom stereocenters. The average molecular weight is 359 g/mol. The maximum absolute atomic E-state index is 12.3. The summed E-state index contributed by atoms with van der Waals surface area (Å²) < 4.78 is 36.9. The number of hydrogen-bond acceptors (Lipinski definition) is 5. The van der Waals surface area contributed by atoms with Crippen molar-refractivity contribution < 1.29 is 32.3 Å². The Morgan fingerprint density at radius 3 is 2.36 bits per heavy atom. The number of rotatable bonds is 1. The Kier molecular flexibility index (Phi) is 5.69. The lowest BCUT2D eigenvalue weighted by molar-refractivity contribution is -0.192. The van der Waals surface area contributed by atoms with E-state index in [2.05, 4.69) is 5.32 Å². The largest absolute Gasteiger partial charge is 0.490 e. The van der Waals surface area contributed by atoms with Crippen LogP contribution in [0.15, 0.2) is 16.7 Å². The number of halogens is 3. The van der Waals surface area contributed by atoms with Gasteiger partial charge in [0, 0.05) is 13.1 Å². The third-order valence-electron chi connectivity index (χ3n) is 4.00. The van der Waals surface area contributed by atoms with E-state index in [0.29, 0.717) is 17.4 Å². The van der Waals surface area contributed by atoms with Crippen molar-refractivity contribution in [2.45, 2.75) is 12.6 Å². The van der Waals surface area contributed by atoms with E-state index in [-0.39, 0.29) is 11.7 Å². The molecule has 136 valence electrons. The van der Waals surface area contributed by atoms with E-state index in [9.17, 15) is 18.0 Å². The van der Waals surface area contributed by atoms with E-state index >= 15 is 0 Å². The van der Waals surface area contributed by atoms with Crippen molar-refractivity contribution >= 4 is 11.9 Å². The molecule has 1 amide bonds. The second-order valence-corrected chi connectivity index (χ2v) is 5.91. The highest BCUT2D eigenvalue weighted by molar-refractivity contribution is 5.93. The average Bonchev–Trinajstić information content (AvgIpc) is 3.02. The summed E-state index contributed by atoms with van der Waals surface area (Å²) in [5, 5.41) is 19.4. The number of aliphatic carboxylic acids is 1. The van der Waals surface area contributed by atoms with Gasteiger partial charge in [0.15, 0.2) is 0 Å².